The Morgan fingerprint density at radius 1 is 1.47 bits per heavy atom. The van der Waals surface area contributed by atoms with Crippen molar-refractivity contribution < 1.29 is 10.2 Å². The number of nitrogens with two attached hydrogens (primary N) is 1. The van der Waals surface area contributed by atoms with Crippen molar-refractivity contribution in [2.24, 2.45) is 11.3 Å². The van der Waals surface area contributed by atoms with E-state index in [0.717, 1.165) is 6.42 Å². The molecule has 0 amide bonds. The highest BCUT2D eigenvalue weighted by atomic mass is 35.5. The summed E-state index contributed by atoms with van der Waals surface area (Å²) in [6.45, 7) is 0.620. The van der Waals surface area contributed by atoms with E-state index in [1.54, 1.807) is 10.9 Å². The van der Waals surface area contributed by atoms with Gasteiger partial charge < -0.3 is 20.5 Å². The first-order chi connectivity index (χ1) is 9.09. The Morgan fingerprint density at radius 2 is 2.26 bits per heavy atom. The number of aromatic nitrogens is 4. The fourth-order valence-corrected chi connectivity index (χ4v) is 2.73. The van der Waals surface area contributed by atoms with E-state index < -0.39 is 0 Å². The molecule has 2 aromatic rings. The first-order valence-corrected chi connectivity index (χ1v) is 6.33. The maximum absolute atomic E-state index is 9.51. The summed E-state index contributed by atoms with van der Waals surface area (Å²) in [5.41, 5.74) is 6.32. The zero-order valence-corrected chi connectivity index (χ0v) is 10.9. The number of aliphatic hydroxyl groups is 2. The van der Waals surface area contributed by atoms with Crippen LogP contribution in [0.2, 0.25) is 5.15 Å². The molecule has 1 aliphatic carbocycles. The minimum absolute atomic E-state index is 0.0200. The van der Waals surface area contributed by atoms with Gasteiger partial charge in [-0.3, -0.25) is 0 Å². The van der Waals surface area contributed by atoms with Crippen LogP contribution >= 0.6 is 11.6 Å². The number of halogens is 1. The molecular weight excluding hydrogens is 270 g/mol. The highest BCUT2D eigenvalue weighted by molar-refractivity contribution is 6.33. The lowest BCUT2D eigenvalue weighted by Gasteiger charge is -2.14. The first kappa shape index (κ1) is 12.6. The van der Waals surface area contributed by atoms with Crippen LogP contribution in [0.3, 0.4) is 0 Å². The maximum atomic E-state index is 9.51. The third-order valence-corrected chi connectivity index (χ3v) is 4.08. The molecule has 2 atom stereocenters. The second kappa shape index (κ2) is 4.29. The summed E-state index contributed by atoms with van der Waals surface area (Å²) in [7, 11) is 0. The Bertz CT molecular complexity index is 631. The number of aliphatic hydroxyl groups excluding tert-OH is 2. The van der Waals surface area contributed by atoms with E-state index in [9.17, 15) is 10.2 Å². The van der Waals surface area contributed by atoms with E-state index >= 15 is 0 Å². The van der Waals surface area contributed by atoms with Crippen LogP contribution in [0.4, 0.5) is 5.95 Å². The van der Waals surface area contributed by atoms with Crippen LogP contribution in [0, 0.1) is 11.3 Å². The fourth-order valence-electron chi connectivity index (χ4n) is 2.51. The summed E-state index contributed by atoms with van der Waals surface area (Å²) in [5, 5.41) is 18.9. The number of imidazole rings is 1. The number of rotatable bonds is 4. The lowest BCUT2D eigenvalue weighted by molar-refractivity contribution is 0.159. The molecule has 102 valence electrons. The van der Waals surface area contributed by atoms with Gasteiger partial charge in [0.05, 0.1) is 12.9 Å². The number of hydrogen-bond donors (Lipinski definition) is 3. The topological polar surface area (TPSA) is 110 Å². The molecule has 1 saturated carbocycles. The summed E-state index contributed by atoms with van der Waals surface area (Å²) in [5.74, 6) is 0.205. The second-order valence-corrected chi connectivity index (χ2v) is 5.38. The van der Waals surface area contributed by atoms with Crippen molar-refractivity contribution in [1.82, 2.24) is 19.5 Å². The number of nitrogen functional groups attached to an aromatic ring is 1. The molecule has 0 radical (unpaired) electrons. The Hall–Kier alpha value is -1.44. The van der Waals surface area contributed by atoms with Crippen LogP contribution in [-0.2, 0) is 6.54 Å². The summed E-state index contributed by atoms with van der Waals surface area (Å²) in [4.78, 5) is 12.1. The molecule has 1 unspecified atom stereocenters. The van der Waals surface area contributed by atoms with Crippen molar-refractivity contribution in [3.8, 4) is 0 Å². The van der Waals surface area contributed by atoms with Gasteiger partial charge in [-0.05, 0) is 12.3 Å². The molecule has 3 rings (SSSR count). The summed E-state index contributed by atoms with van der Waals surface area (Å²) in [6, 6.07) is 0. The van der Waals surface area contributed by atoms with Crippen molar-refractivity contribution in [3.05, 3.63) is 11.5 Å². The number of hydrogen-bond acceptors (Lipinski definition) is 6. The van der Waals surface area contributed by atoms with E-state index in [1.165, 1.54) is 0 Å². The lowest BCUT2D eigenvalue weighted by atomic mass is 10.1. The molecular formula is C11H14ClN5O2. The Kier molecular flexibility index (Phi) is 2.84. The average Bonchev–Trinajstić information content (AvgIpc) is 2.95. The Morgan fingerprint density at radius 3 is 2.89 bits per heavy atom. The normalized spacial score (nSPS) is 25.9. The SMILES string of the molecule is Nc1nc(Cl)c2ncn(C[C@]3(CO)CC3CO)c2n1. The minimum atomic E-state index is -0.297. The number of fused-ring (bicyclic) bond motifs is 1. The van der Waals surface area contributed by atoms with Gasteiger partial charge in [-0.2, -0.15) is 9.97 Å². The van der Waals surface area contributed by atoms with Crippen molar-refractivity contribution in [2.45, 2.75) is 13.0 Å². The van der Waals surface area contributed by atoms with E-state index in [1.807, 2.05) is 0 Å². The van der Waals surface area contributed by atoms with Crippen molar-refractivity contribution in [2.75, 3.05) is 18.9 Å². The molecule has 0 aromatic carbocycles. The standard InChI is InChI=1S/C11H14ClN5O2/c12-8-7-9(16-10(13)15-8)17(5-14-7)3-11(4-19)1-6(11)2-18/h5-6,18-19H,1-4H2,(H2,13,15,16)/t6?,11-/m0/s1. The lowest BCUT2D eigenvalue weighted by Crippen LogP contribution is -2.19. The molecule has 2 heterocycles. The fraction of sp³-hybridized carbons (Fsp3) is 0.545. The Balaban J connectivity index is 1.98. The molecule has 8 heteroatoms. The van der Waals surface area contributed by atoms with Gasteiger partial charge in [0.15, 0.2) is 10.8 Å². The number of nitrogens with zero attached hydrogens (tertiary/aromatic N) is 4. The third kappa shape index (κ3) is 1.94. The van der Waals surface area contributed by atoms with Gasteiger partial charge in [0.25, 0.3) is 0 Å². The molecule has 0 spiro atoms. The number of anilines is 1. The predicted octanol–water partition coefficient (Wildman–Crippen LogP) is 0.0528. The highest BCUT2D eigenvalue weighted by Crippen LogP contribution is 2.53. The van der Waals surface area contributed by atoms with Gasteiger partial charge in [-0.25, -0.2) is 4.98 Å². The molecule has 4 N–H and O–H groups in total. The quantitative estimate of drug-likeness (QED) is 0.684. The first-order valence-electron chi connectivity index (χ1n) is 5.95. The van der Waals surface area contributed by atoms with Gasteiger partial charge in [-0.15, -0.1) is 0 Å². The smallest absolute Gasteiger partial charge is 0.223 e. The molecule has 0 bridgehead atoms. The van der Waals surface area contributed by atoms with Crippen LogP contribution in [0.5, 0.6) is 0 Å². The predicted molar refractivity (Wildman–Crippen MR) is 69.5 cm³/mol. The van der Waals surface area contributed by atoms with E-state index in [-0.39, 0.29) is 35.6 Å². The van der Waals surface area contributed by atoms with E-state index in [2.05, 4.69) is 15.0 Å². The molecule has 0 aliphatic heterocycles. The van der Waals surface area contributed by atoms with Crippen LogP contribution in [0.15, 0.2) is 6.33 Å². The molecule has 0 saturated heterocycles. The molecule has 7 nitrogen and oxygen atoms in total. The van der Waals surface area contributed by atoms with E-state index in [4.69, 9.17) is 17.3 Å². The van der Waals surface area contributed by atoms with Gasteiger partial charge in [-0.1, -0.05) is 11.6 Å². The summed E-state index contributed by atoms with van der Waals surface area (Å²) in [6.07, 6.45) is 2.39. The molecule has 1 fully saturated rings. The Labute approximate surface area is 114 Å². The zero-order chi connectivity index (χ0) is 13.6. The van der Waals surface area contributed by atoms with Crippen LogP contribution in [0.1, 0.15) is 6.42 Å². The zero-order valence-electron chi connectivity index (χ0n) is 10.1. The molecule has 1 aliphatic rings. The van der Waals surface area contributed by atoms with Gasteiger partial charge in [0.2, 0.25) is 5.95 Å². The molecule has 2 aromatic heterocycles. The van der Waals surface area contributed by atoms with Crippen LogP contribution in [-0.4, -0.2) is 42.9 Å². The largest absolute Gasteiger partial charge is 0.396 e. The average molecular weight is 284 g/mol. The summed E-state index contributed by atoms with van der Waals surface area (Å²) < 4.78 is 1.80. The van der Waals surface area contributed by atoms with Crippen molar-refractivity contribution >= 4 is 28.7 Å². The van der Waals surface area contributed by atoms with Gasteiger partial charge in [0, 0.05) is 18.6 Å². The van der Waals surface area contributed by atoms with Crippen LogP contribution in [0.25, 0.3) is 11.2 Å². The summed E-state index contributed by atoms with van der Waals surface area (Å²) >= 11 is 5.96. The third-order valence-electron chi connectivity index (χ3n) is 3.82. The molecule has 19 heavy (non-hydrogen) atoms. The maximum Gasteiger partial charge on any atom is 0.223 e. The second-order valence-electron chi connectivity index (χ2n) is 5.02. The highest BCUT2D eigenvalue weighted by Gasteiger charge is 2.53. The van der Waals surface area contributed by atoms with E-state index in [0.29, 0.717) is 17.7 Å². The van der Waals surface area contributed by atoms with Crippen molar-refractivity contribution in [3.63, 3.8) is 0 Å². The monoisotopic (exact) mass is 283 g/mol. The van der Waals surface area contributed by atoms with Crippen molar-refractivity contribution in [1.29, 1.82) is 0 Å². The minimum Gasteiger partial charge on any atom is -0.396 e. The van der Waals surface area contributed by atoms with Gasteiger partial charge in [0.1, 0.15) is 5.52 Å². The van der Waals surface area contributed by atoms with Crippen LogP contribution < -0.4 is 5.73 Å². The van der Waals surface area contributed by atoms with Gasteiger partial charge >= 0.3 is 0 Å².